The first kappa shape index (κ1) is 28.6. The summed E-state index contributed by atoms with van der Waals surface area (Å²) in [5, 5.41) is 9.40. The molecule has 0 radical (unpaired) electrons. The maximum absolute atomic E-state index is 15.4. The topological polar surface area (TPSA) is 104 Å². The number of ether oxygens (including phenoxy) is 2. The number of halogens is 2. The maximum Gasteiger partial charge on any atom is 0.335 e. The van der Waals surface area contributed by atoms with E-state index in [0.29, 0.717) is 35.6 Å². The van der Waals surface area contributed by atoms with Crippen molar-refractivity contribution in [3.05, 3.63) is 113 Å². The number of rotatable bonds is 11. The molecule has 0 spiro atoms. The molecular weight excluding hydrogens is 544 g/mol. The van der Waals surface area contributed by atoms with Gasteiger partial charge in [-0.2, -0.15) is 0 Å². The Labute approximate surface area is 240 Å². The Balaban J connectivity index is 1.39. The standard InChI is InChI=1S/C32H27F2N3O5/c1-19(38)21-8-6-20(7-9-21)18-42-31-5-3-4-27(36-31)24-17-25(33)23(14-26(24)34)16-30-35-28-11-10-22(32(39)40)15-29(28)37(30)12-13-41-2/h3-11,14-15,17H,12-13,16,18H2,1-2H3,(H,39,40). The van der Waals surface area contributed by atoms with E-state index >= 15 is 8.78 Å². The van der Waals surface area contributed by atoms with Gasteiger partial charge in [-0.1, -0.05) is 30.3 Å². The Morgan fingerprint density at radius 1 is 0.929 bits per heavy atom. The number of carbonyl (C=O) groups excluding carboxylic acids is 1. The molecule has 0 aliphatic carbocycles. The second kappa shape index (κ2) is 12.3. The fourth-order valence-electron chi connectivity index (χ4n) is 4.60. The molecule has 0 fully saturated rings. The molecule has 0 atom stereocenters. The number of hydrogen-bond acceptors (Lipinski definition) is 6. The van der Waals surface area contributed by atoms with Crippen LogP contribution in [0.3, 0.4) is 0 Å². The molecule has 42 heavy (non-hydrogen) atoms. The van der Waals surface area contributed by atoms with Gasteiger partial charge in [0.05, 0.1) is 28.9 Å². The number of nitrogens with zero attached hydrogens (tertiary/aromatic N) is 3. The molecule has 10 heteroatoms. The summed E-state index contributed by atoms with van der Waals surface area (Å²) < 4.78 is 43.4. The molecule has 0 aliphatic heterocycles. The van der Waals surface area contributed by atoms with Crippen LogP contribution in [0.2, 0.25) is 0 Å². The third-order valence-corrected chi connectivity index (χ3v) is 6.82. The van der Waals surface area contributed by atoms with Gasteiger partial charge in [0.25, 0.3) is 0 Å². The van der Waals surface area contributed by atoms with Gasteiger partial charge in [0.2, 0.25) is 5.88 Å². The molecule has 0 saturated carbocycles. The van der Waals surface area contributed by atoms with Crippen molar-refractivity contribution in [1.82, 2.24) is 14.5 Å². The smallest absolute Gasteiger partial charge is 0.335 e. The average molecular weight is 572 g/mol. The van der Waals surface area contributed by atoms with Crippen LogP contribution in [0.1, 0.15) is 44.6 Å². The summed E-state index contributed by atoms with van der Waals surface area (Å²) >= 11 is 0. The lowest BCUT2D eigenvalue weighted by Gasteiger charge is -2.12. The van der Waals surface area contributed by atoms with Gasteiger partial charge >= 0.3 is 5.97 Å². The summed E-state index contributed by atoms with van der Waals surface area (Å²) in [5.74, 6) is -1.73. The van der Waals surface area contributed by atoms with Crippen LogP contribution in [0.5, 0.6) is 5.88 Å². The number of carbonyl (C=O) groups is 2. The van der Waals surface area contributed by atoms with Crippen molar-refractivity contribution in [1.29, 1.82) is 0 Å². The molecule has 5 rings (SSSR count). The number of carboxylic acid groups (broad SMARTS) is 1. The van der Waals surface area contributed by atoms with Crippen molar-refractivity contribution in [2.45, 2.75) is 26.5 Å². The van der Waals surface area contributed by atoms with Crippen molar-refractivity contribution in [2.75, 3.05) is 13.7 Å². The van der Waals surface area contributed by atoms with E-state index in [1.807, 2.05) is 0 Å². The lowest BCUT2D eigenvalue weighted by atomic mass is 10.0. The van der Waals surface area contributed by atoms with Crippen LogP contribution in [0.25, 0.3) is 22.3 Å². The highest BCUT2D eigenvalue weighted by molar-refractivity contribution is 5.94. The number of pyridine rings is 1. The predicted octanol–water partition coefficient (Wildman–Crippen LogP) is 6.09. The van der Waals surface area contributed by atoms with Crippen LogP contribution in [-0.2, 0) is 24.3 Å². The number of Topliss-reactive ketones (excluding diaryl/α,β-unsaturated/α-hetero) is 1. The third-order valence-electron chi connectivity index (χ3n) is 6.82. The summed E-state index contributed by atoms with van der Waals surface area (Å²) in [5.41, 5.74) is 2.89. The summed E-state index contributed by atoms with van der Waals surface area (Å²) in [4.78, 5) is 31.9. The van der Waals surface area contributed by atoms with Crippen molar-refractivity contribution in [2.24, 2.45) is 0 Å². The molecule has 0 saturated heterocycles. The number of imidazole rings is 1. The van der Waals surface area contributed by atoms with E-state index in [-0.39, 0.29) is 47.1 Å². The molecule has 1 N–H and O–H groups in total. The third kappa shape index (κ3) is 6.18. The number of aromatic carboxylic acids is 1. The molecule has 8 nitrogen and oxygen atoms in total. The maximum atomic E-state index is 15.4. The molecule has 0 bridgehead atoms. The van der Waals surface area contributed by atoms with Gasteiger partial charge in [-0.15, -0.1) is 0 Å². The van der Waals surface area contributed by atoms with Crippen LogP contribution in [-0.4, -0.2) is 45.1 Å². The Kier molecular flexibility index (Phi) is 8.35. The molecular formula is C32H27F2N3O5. The molecule has 5 aromatic rings. The Bertz CT molecular complexity index is 1780. The first-order valence-corrected chi connectivity index (χ1v) is 13.1. The van der Waals surface area contributed by atoms with Crippen molar-refractivity contribution < 1.29 is 33.0 Å². The Morgan fingerprint density at radius 2 is 1.69 bits per heavy atom. The minimum absolute atomic E-state index is 0.0218. The Morgan fingerprint density at radius 3 is 2.40 bits per heavy atom. The summed E-state index contributed by atoms with van der Waals surface area (Å²) in [6, 6.07) is 18.6. The largest absolute Gasteiger partial charge is 0.478 e. The van der Waals surface area contributed by atoms with Gasteiger partial charge in [0.1, 0.15) is 24.1 Å². The molecule has 214 valence electrons. The van der Waals surface area contributed by atoms with Crippen molar-refractivity contribution >= 4 is 22.8 Å². The van der Waals surface area contributed by atoms with Gasteiger partial charge in [-0.3, -0.25) is 4.79 Å². The molecule has 2 heterocycles. The molecule has 0 aliphatic rings. The average Bonchev–Trinajstić information content (AvgIpc) is 3.32. The van der Waals surface area contributed by atoms with Crippen LogP contribution in [0, 0.1) is 11.6 Å². The van der Waals surface area contributed by atoms with Gasteiger partial charge in [0.15, 0.2) is 5.78 Å². The van der Waals surface area contributed by atoms with E-state index in [1.165, 1.54) is 26.2 Å². The number of hydrogen-bond donors (Lipinski definition) is 1. The van der Waals surface area contributed by atoms with E-state index < -0.39 is 17.6 Å². The van der Waals surface area contributed by atoms with Crippen LogP contribution < -0.4 is 4.74 Å². The van der Waals surface area contributed by atoms with Gasteiger partial charge < -0.3 is 19.1 Å². The first-order chi connectivity index (χ1) is 20.2. The van der Waals surface area contributed by atoms with E-state index in [9.17, 15) is 14.7 Å². The van der Waals surface area contributed by atoms with Crippen LogP contribution >= 0.6 is 0 Å². The van der Waals surface area contributed by atoms with Gasteiger partial charge in [-0.05, 0) is 54.4 Å². The van der Waals surface area contributed by atoms with E-state index in [4.69, 9.17) is 9.47 Å². The van der Waals surface area contributed by atoms with E-state index in [2.05, 4.69) is 9.97 Å². The predicted molar refractivity (Wildman–Crippen MR) is 152 cm³/mol. The summed E-state index contributed by atoms with van der Waals surface area (Å²) in [6.45, 7) is 2.35. The number of benzene rings is 3. The zero-order valence-corrected chi connectivity index (χ0v) is 22.9. The quantitative estimate of drug-likeness (QED) is 0.191. The lowest BCUT2D eigenvalue weighted by molar-refractivity contribution is 0.0696. The lowest BCUT2D eigenvalue weighted by Crippen LogP contribution is -2.10. The molecule has 0 amide bonds. The number of fused-ring (bicyclic) bond motifs is 1. The second-order valence-electron chi connectivity index (χ2n) is 9.68. The zero-order chi connectivity index (χ0) is 29.8. The Hall–Kier alpha value is -4.96. The highest BCUT2D eigenvalue weighted by Gasteiger charge is 2.18. The van der Waals surface area contributed by atoms with E-state index in [0.717, 1.165) is 17.7 Å². The van der Waals surface area contributed by atoms with E-state index in [1.54, 1.807) is 53.1 Å². The van der Waals surface area contributed by atoms with Crippen LogP contribution in [0.15, 0.2) is 72.8 Å². The summed E-state index contributed by atoms with van der Waals surface area (Å²) in [6.07, 6.45) is -0.0250. The van der Waals surface area contributed by atoms with Gasteiger partial charge in [-0.25, -0.2) is 23.5 Å². The SMILES string of the molecule is COCCn1c(Cc2cc(F)c(-c3cccc(OCc4ccc(C(C)=O)cc4)n3)cc2F)nc2ccc(C(=O)O)cc21. The molecule has 3 aromatic carbocycles. The number of methoxy groups -OCH3 is 1. The normalized spacial score (nSPS) is 11.1. The number of ketones is 1. The number of carboxylic acids is 1. The monoisotopic (exact) mass is 571 g/mol. The first-order valence-electron chi connectivity index (χ1n) is 13.1. The highest BCUT2D eigenvalue weighted by Crippen LogP contribution is 2.28. The zero-order valence-electron chi connectivity index (χ0n) is 22.9. The molecule has 2 aromatic heterocycles. The molecule has 0 unspecified atom stereocenters. The minimum atomic E-state index is -1.08. The van der Waals surface area contributed by atoms with Gasteiger partial charge in [0, 0.05) is 37.3 Å². The number of aromatic nitrogens is 3. The van der Waals surface area contributed by atoms with Crippen molar-refractivity contribution in [3.8, 4) is 17.1 Å². The highest BCUT2D eigenvalue weighted by atomic mass is 19.1. The van der Waals surface area contributed by atoms with Crippen LogP contribution in [0.4, 0.5) is 8.78 Å². The second-order valence-corrected chi connectivity index (χ2v) is 9.68. The fourth-order valence-corrected chi connectivity index (χ4v) is 4.60. The van der Waals surface area contributed by atoms with Crippen molar-refractivity contribution in [3.63, 3.8) is 0 Å². The summed E-state index contributed by atoms with van der Waals surface area (Å²) in [7, 11) is 1.54. The fraction of sp³-hybridized carbons (Fsp3) is 0.188. The minimum Gasteiger partial charge on any atom is -0.478 e.